The lowest BCUT2D eigenvalue weighted by Crippen LogP contribution is -2.46. The third-order valence-corrected chi connectivity index (χ3v) is 5.35. The van der Waals surface area contributed by atoms with E-state index in [0.29, 0.717) is 17.9 Å². The van der Waals surface area contributed by atoms with E-state index in [1.54, 1.807) is 6.92 Å². The van der Waals surface area contributed by atoms with Crippen molar-refractivity contribution in [2.24, 2.45) is 0 Å². The van der Waals surface area contributed by atoms with E-state index in [0.717, 1.165) is 24.0 Å². The Balaban J connectivity index is 1.92. The van der Waals surface area contributed by atoms with Crippen LogP contribution in [0.1, 0.15) is 36.9 Å². The smallest absolute Gasteiger partial charge is 0.319 e. The molecule has 4 rings (SSSR count). The number of nitrogens with zero attached hydrogens (tertiary/aromatic N) is 1. The number of nitro groups is 1. The van der Waals surface area contributed by atoms with Crippen molar-refractivity contribution in [2.75, 3.05) is 13.2 Å². The van der Waals surface area contributed by atoms with Crippen molar-refractivity contribution in [3.8, 4) is 11.5 Å². The molecule has 0 bridgehead atoms. The fraction of sp³-hybridized carbons (Fsp3) is 0.318. The molecule has 9 heteroatoms. The van der Waals surface area contributed by atoms with Gasteiger partial charge in [0.25, 0.3) is 0 Å². The molecule has 2 unspecified atom stereocenters. The summed E-state index contributed by atoms with van der Waals surface area (Å²) >= 11 is 0. The van der Waals surface area contributed by atoms with Crippen molar-refractivity contribution in [1.82, 2.24) is 10.6 Å². The first-order valence-corrected chi connectivity index (χ1v) is 10.1. The van der Waals surface area contributed by atoms with Crippen LogP contribution in [0, 0.1) is 10.1 Å². The molecule has 0 saturated carbocycles. The molecule has 1 saturated heterocycles. The van der Waals surface area contributed by atoms with Gasteiger partial charge in [-0.3, -0.25) is 10.1 Å². The van der Waals surface area contributed by atoms with Gasteiger partial charge >= 0.3 is 11.7 Å². The summed E-state index contributed by atoms with van der Waals surface area (Å²) in [6.07, 6.45) is 1.37. The Morgan fingerprint density at radius 2 is 2.06 bits per heavy atom. The highest BCUT2D eigenvalue weighted by Crippen LogP contribution is 2.43. The minimum absolute atomic E-state index is 0.00874. The molecular formula is C22H23N3O6. The number of phenols is 1. The quantitative estimate of drug-likeness (QED) is 0.480. The van der Waals surface area contributed by atoms with Gasteiger partial charge in [0.2, 0.25) is 5.75 Å². The van der Waals surface area contributed by atoms with E-state index >= 15 is 0 Å². The van der Waals surface area contributed by atoms with Crippen molar-refractivity contribution in [3.05, 3.63) is 69.4 Å². The number of aromatic hydroxyl groups is 1. The molecule has 3 N–H and O–H groups in total. The molecule has 2 aliphatic rings. The van der Waals surface area contributed by atoms with Crippen LogP contribution in [0.3, 0.4) is 0 Å². The average molecular weight is 425 g/mol. The van der Waals surface area contributed by atoms with Gasteiger partial charge in [-0.25, -0.2) is 4.79 Å². The molecule has 0 radical (unpaired) electrons. The molecule has 0 aromatic heterocycles. The topological polar surface area (TPSA) is 123 Å². The predicted octanol–water partition coefficient (Wildman–Crippen LogP) is 3.64. The van der Waals surface area contributed by atoms with E-state index in [-0.39, 0.29) is 18.5 Å². The highest BCUT2D eigenvalue weighted by molar-refractivity contribution is 5.89. The van der Waals surface area contributed by atoms with Crippen LogP contribution in [0.25, 0.3) is 5.57 Å². The number of carbonyl (C=O) groups is 1. The van der Waals surface area contributed by atoms with Crippen LogP contribution in [0.2, 0.25) is 0 Å². The summed E-state index contributed by atoms with van der Waals surface area (Å²) in [5, 5.41) is 27.6. The Morgan fingerprint density at radius 1 is 1.29 bits per heavy atom. The van der Waals surface area contributed by atoms with Gasteiger partial charge in [-0.1, -0.05) is 30.3 Å². The Hall–Kier alpha value is -3.59. The SMILES string of the molecule is CCOc1cc(C2NC(=O)NC(C3CCCO3)=C2c2ccccc2)cc([N+](=O)[O-])c1O. The number of phenolic OH excluding ortho intramolecular Hbond substituents is 1. The van der Waals surface area contributed by atoms with E-state index < -0.39 is 28.4 Å². The highest BCUT2D eigenvalue weighted by Gasteiger charge is 2.36. The van der Waals surface area contributed by atoms with Crippen LogP contribution >= 0.6 is 0 Å². The van der Waals surface area contributed by atoms with Gasteiger partial charge < -0.3 is 25.2 Å². The van der Waals surface area contributed by atoms with Crippen LogP contribution in [0.15, 0.2) is 48.2 Å². The van der Waals surface area contributed by atoms with E-state index in [9.17, 15) is 20.0 Å². The first-order chi connectivity index (χ1) is 15.0. The van der Waals surface area contributed by atoms with Crippen LogP contribution in [0.5, 0.6) is 11.5 Å². The molecule has 1 fully saturated rings. The number of urea groups is 1. The van der Waals surface area contributed by atoms with Crippen LogP contribution < -0.4 is 15.4 Å². The zero-order valence-corrected chi connectivity index (χ0v) is 17.0. The van der Waals surface area contributed by atoms with Crippen molar-refractivity contribution in [2.45, 2.75) is 31.9 Å². The van der Waals surface area contributed by atoms with Crippen molar-refractivity contribution < 1.29 is 24.3 Å². The lowest BCUT2D eigenvalue weighted by atomic mass is 9.87. The Morgan fingerprint density at radius 3 is 2.71 bits per heavy atom. The minimum atomic E-state index is -0.700. The van der Waals surface area contributed by atoms with Gasteiger partial charge in [-0.05, 0) is 37.0 Å². The Kier molecular flexibility index (Phi) is 5.77. The van der Waals surface area contributed by atoms with Gasteiger partial charge in [-0.15, -0.1) is 0 Å². The molecule has 2 aromatic carbocycles. The van der Waals surface area contributed by atoms with Crippen LogP contribution in [-0.2, 0) is 4.74 Å². The third kappa shape index (κ3) is 4.04. The van der Waals surface area contributed by atoms with Crippen molar-refractivity contribution >= 4 is 17.3 Å². The van der Waals surface area contributed by atoms with E-state index in [1.165, 1.54) is 12.1 Å². The van der Waals surface area contributed by atoms with Gasteiger partial charge in [0.05, 0.1) is 29.4 Å². The molecular weight excluding hydrogens is 402 g/mol. The minimum Gasteiger partial charge on any atom is -0.500 e. The second kappa shape index (κ2) is 8.65. The molecule has 2 aromatic rings. The average Bonchev–Trinajstić information content (AvgIpc) is 3.30. The van der Waals surface area contributed by atoms with Gasteiger partial charge in [-0.2, -0.15) is 0 Å². The maximum absolute atomic E-state index is 12.6. The summed E-state index contributed by atoms with van der Waals surface area (Å²) in [5.74, 6) is -0.550. The number of amides is 2. The number of carbonyl (C=O) groups excluding carboxylic acids is 1. The van der Waals surface area contributed by atoms with Crippen molar-refractivity contribution in [3.63, 3.8) is 0 Å². The zero-order valence-electron chi connectivity index (χ0n) is 17.0. The lowest BCUT2D eigenvalue weighted by molar-refractivity contribution is -0.386. The zero-order chi connectivity index (χ0) is 22.0. The number of nitrogens with one attached hydrogen (secondary N) is 2. The summed E-state index contributed by atoms with van der Waals surface area (Å²) in [4.78, 5) is 23.5. The number of nitro benzene ring substituents is 1. The van der Waals surface area contributed by atoms with Gasteiger partial charge in [0.1, 0.15) is 0 Å². The molecule has 31 heavy (non-hydrogen) atoms. The molecule has 162 valence electrons. The fourth-order valence-electron chi connectivity index (χ4n) is 4.02. The summed E-state index contributed by atoms with van der Waals surface area (Å²) in [7, 11) is 0. The molecule has 0 aliphatic carbocycles. The number of hydrogen-bond acceptors (Lipinski definition) is 6. The Labute approximate surface area is 178 Å². The summed E-state index contributed by atoms with van der Waals surface area (Å²) in [6, 6.07) is 11.1. The van der Waals surface area contributed by atoms with Crippen LogP contribution in [0.4, 0.5) is 10.5 Å². The summed E-state index contributed by atoms with van der Waals surface area (Å²) < 4.78 is 11.3. The lowest BCUT2D eigenvalue weighted by Gasteiger charge is -2.33. The fourth-order valence-corrected chi connectivity index (χ4v) is 4.02. The van der Waals surface area contributed by atoms with E-state index in [1.807, 2.05) is 30.3 Å². The number of hydrogen-bond donors (Lipinski definition) is 3. The Bertz CT molecular complexity index is 1030. The predicted molar refractivity (Wildman–Crippen MR) is 113 cm³/mol. The largest absolute Gasteiger partial charge is 0.500 e. The maximum Gasteiger partial charge on any atom is 0.319 e. The first-order valence-electron chi connectivity index (χ1n) is 10.1. The molecule has 2 heterocycles. The number of rotatable bonds is 6. The normalized spacial score (nSPS) is 20.9. The van der Waals surface area contributed by atoms with E-state index in [4.69, 9.17) is 9.47 Å². The molecule has 2 aliphatic heterocycles. The van der Waals surface area contributed by atoms with E-state index in [2.05, 4.69) is 10.6 Å². The van der Waals surface area contributed by atoms with Gasteiger partial charge in [0.15, 0.2) is 5.75 Å². The molecule has 9 nitrogen and oxygen atoms in total. The maximum atomic E-state index is 12.6. The second-order valence-electron chi connectivity index (χ2n) is 7.30. The number of benzene rings is 2. The van der Waals surface area contributed by atoms with Gasteiger partial charge in [0, 0.05) is 18.2 Å². The first kappa shape index (κ1) is 20.7. The van der Waals surface area contributed by atoms with Crippen LogP contribution in [-0.4, -0.2) is 35.4 Å². The third-order valence-electron chi connectivity index (χ3n) is 5.35. The molecule has 2 amide bonds. The standard InChI is InChI=1S/C22H23N3O6/c1-2-30-17-12-14(11-15(21(17)26)25(28)29)19-18(13-7-4-3-5-8-13)20(24-22(27)23-19)16-9-6-10-31-16/h3-5,7-8,11-12,16,19,26H,2,6,9-10H2,1H3,(H2,23,24,27). The summed E-state index contributed by atoms with van der Waals surface area (Å²) in [6.45, 7) is 2.54. The highest BCUT2D eigenvalue weighted by atomic mass is 16.6. The second-order valence-corrected chi connectivity index (χ2v) is 7.30. The molecule has 2 atom stereocenters. The molecule has 0 spiro atoms. The number of ether oxygens (including phenoxy) is 2. The van der Waals surface area contributed by atoms with Crippen molar-refractivity contribution in [1.29, 1.82) is 0 Å². The summed E-state index contributed by atoms with van der Waals surface area (Å²) in [5.41, 5.74) is 2.19. The monoisotopic (exact) mass is 425 g/mol.